The third-order valence-corrected chi connectivity index (χ3v) is 6.47. The van der Waals surface area contributed by atoms with Crippen LogP contribution in [-0.2, 0) is 4.79 Å². The average Bonchev–Trinajstić information content (AvgIpc) is 2.56. The van der Waals surface area contributed by atoms with E-state index in [-0.39, 0.29) is 11.8 Å². The van der Waals surface area contributed by atoms with Gasteiger partial charge in [0.1, 0.15) is 5.82 Å². The second kappa shape index (κ2) is 7.25. The minimum absolute atomic E-state index is 0.191. The van der Waals surface area contributed by atoms with Gasteiger partial charge in [0.05, 0.1) is 12.1 Å². The Morgan fingerprint density at radius 3 is 2.44 bits per heavy atom. The van der Waals surface area contributed by atoms with Crippen molar-refractivity contribution in [3.8, 4) is 0 Å². The third kappa shape index (κ3) is 3.74. The van der Waals surface area contributed by atoms with E-state index in [1.165, 1.54) is 31.4 Å². The van der Waals surface area contributed by atoms with Crippen LogP contribution in [0.2, 0.25) is 5.02 Å². The van der Waals surface area contributed by atoms with Gasteiger partial charge in [0.15, 0.2) is 0 Å². The maximum absolute atomic E-state index is 13.9. The minimum Gasteiger partial charge on any atom is -0.344 e. The molecule has 2 unspecified atom stereocenters. The molecule has 2 aliphatic carbocycles. The highest BCUT2D eigenvalue weighted by Gasteiger charge is 2.50. The smallest absolute Gasteiger partial charge is 0.237 e. The second-order valence-electron chi connectivity index (χ2n) is 8.10. The minimum atomic E-state index is -0.536. The quantitative estimate of drug-likeness (QED) is 0.789. The molecule has 2 saturated carbocycles. The van der Waals surface area contributed by atoms with E-state index in [1.807, 2.05) is 30.3 Å². The van der Waals surface area contributed by atoms with E-state index in [4.69, 9.17) is 17.3 Å². The summed E-state index contributed by atoms with van der Waals surface area (Å²) in [5.41, 5.74) is 8.22. The molecule has 1 amide bonds. The van der Waals surface area contributed by atoms with Crippen molar-refractivity contribution in [3.05, 3.63) is 70.5 Å². The van der Waals surface area contributed by atoms with Gasteiger partial charge in [0.25, 0.3) is 0 Å². The summed E-state index contributed by atoms with van der Waals surface area (Å²) in [6.45, 7) is 0. The fourth-order valence-electron chi connectivity index (χ4n) is 4.59. The Hall–Kier alpha value is -1.91. The number of carbonyl (C=O) groups is 1. The normalized spacial score (nSPS) is 20.4. The van der Waals surface area contributed by atoms with E-state index in [0.717, 1.165) is 18.4 Å². The molecule has 3 N–H and O–H groups in total. The van der Waals surface area contributed by atoms with E-state index in [1.54, 1.807) is 6.07 Å². The molecular formula is C22H24ClFN2O. The molecule has 0 radical (unpaired) electrons. The molecule has 0 saturated heterocycles. The maximum atomic E-state index is 13.9. The SMILES string of the molecule is NC(C(=O)NC(c1ccccc1)c1cc(F)cc(Cl)c1)C1CC2(CCC2)C1. The molecule has 27 heavy (non-hydrogen) atoms. The highest BCUT2D eigenvalue weighted by molar-refractivity contribution is 6.30. The van der Waals surface area contributed by atoms with E-state index >= 15 is 0 Å². The van der Waals surface area contributed by atoms with E-state index in [2.05, 4.69) is 5.32 Å². The molecule has 142 valence electrons. The second-order valence-corrected chi connectivity index (χ2v) is 8.54. The molecule has 2 atom stereocenters. The third-order valence-electron chi connectivity index (χ3n) is 6.25. The van der Waals surface area contributed by atoms with Gasteiger partial charge in [-0.05, 0) is 66.3 Å². The molecule has 0 aliphatic heterocycles. The van der Waals surface area contributed by atoms with Gasteiger partial charge in [-0.15, -0.1) is 0 Å². The fourth-order valence-corrected chi connectivity index (χ4v) is 4.82. The van der Waals surface area contributed by atoms with Gasteiger partial charge >= 0.3 is 0 Å². The molecule has 5 heteroatoms. The summed E-state index contributed by atoms with van der Waals surface area (Å²) in [5.74, 6) is -0.385. The molecule has 0 aromatic heterocycles. The van der Waals surface area contributed by atoms with Crippen LogP contribution < -0.4 is 11.1 Å². The van der Waals surface area contributed by atoms with Crippen molar-refractivity contribution in [1.29, 1.82) is 0 Å². The van der Waals surface area contributed by atoms with Crippen LogP contribution >= 0.6 is 11.6 Å². The number of hydrogen-bond donors (Lipinski definition) is 2. The summed E-state index contributed by atoms with van der Waals surface area (Å²) in [6, 6.07) is 12.8. The van der Waals surface area contributed by atoms with Gasteiger partial charge in [0, 0.05) is 5.02 Å². The highest BCUT2D eigenvalue weighted by atomic mass is 35.5. The number of amides is 1. The molecule has 2 aliphatic rings. The molecular weight excluding hydrogens is 363 g/mol. The van der Waals surface area contributed by atoms with Crippen molar-refractivity contribution in [1.82, 2.24) is 5.32 Å². The van der Waals surface area contributed by atoms with Gasteiger partial charge < -0.3 is 11.1 Å². The topological polar surface area (TPSA) is 55.1 Å². The summed E-state index contributed by atoms with van der Waals surface area (Å²) in [5, 5.41) is 3.33. The lowest BCUT2D eigenvalue weighted by atomic mass is 9.50. The zero-order chi connectivity index (χ0) is 19.0. The van der Waals surface area contributed by atoms with E-state index in [0.29, 0.717) is 16.0 Å². The Morgan fingerprint density at radius 2 is 1.85 bits per heavy atom. The molecule has 0 bridgehead atoms. The van der Waals surface area contributed by atoms with Crippen molar-refractivity contribution < 1.29 is 9.18 Å². The molecule has 0 heterocycles. The lowest BCUT2D eigenvalue weighted by molar-refractivity contribution is -0.128. The molecule has 4 rings (SSSR count). The van der Waals surface area contributed by atoms with Crippen molar-refractivity contribution in [2.75, 3.05) is 0 Å². The number of carbonyl (C=O) groups excluding carboxylic acids is 1. The number of halogens is 2. The molecule has 1 spiro atoms. The van der Waals surface area contributed by atoms with E-state index in [9.17, 15) is 9.18 Å². The molecule has 2 aromatic rings. The zero-order valence-corrected chi connectivity index (χ0v) is 15.9. The Bertz CT molecular complexity index is 809. The van der Waals surface area contributed by atoms with Crippen LogP contribution in [-0.4, -0.2) is 11.9 Å². The first-order valence-electron chi connectivity index (χ1n) is 9.53. The first-order chi connectivity index (χ1) is 13.0. The number of nitrogens with two attached hydrogens (primary N) is 1. The van der Waals surface area contributed by atoms with Crippen molar-refractivity contribution in [3.63, 3.8) is 0 Å². The van der Waals surface area contributed by atoms with Gasteiger partial charge in [-0.1, -0.05) is 48.4 Å². The lowest BCUT2D eigenvalue weighted by Crippen LogP contribution is -2.55. The van der Waals surface area contributed by atoms with Crippen LogP contribution in [0.4, 0.5) is 4.39 Å². The monoisotopic (exact) mass is 386 g/mol. The predicted octanol–water partition coefficient (Wildman–Crippen LogP) is 4.59. The first kappa shape index (κ1) is 18.5. The fraction of sp³-hybridized carbons (Fsp3) is 0.409. The molecule has 2 aromatic carbocycles. The van der Waals surface area contributed by atoms with Crippen LogP contribution in [0.5, 0.6) is 0 Å². The van der Waals surface area contributed by atoms with Crippen LogP contribution in [0.15, 0.2) is 48.5 Å². The number of rotatable bonds is 5. The molecule has 3 nitrogen and oxygen atoms in total. The number of hydrogen-bond acceptors (Lipinski definition) is 2. The van der Waals surface area contributed by atoms with Crippen LogP contribution in [0.1, 0.15) is 49.3 Å². The van der Waals surface area contributed by atoms with Crippen molar-refractivity contribution in [2.24, 2.45) is 17.1 Å². The number of benzene rings is 2. The van der Waals surface area contributed by atoms with Crippen LogP contribution in [0.3, 0.4) is 0 Å². The Kier molecular flexibility index (Phi) is 4.95. The summed E-state index contributed by atoms with van der Waals surface area (Å²) in [6.07, 6.45) is 5.93. The summed E-state index contributed by atoms with van der Waals surface area (Å²) in [4.78, 5) is 12.9. The summed E-state index contributed by atoms with van der Waals surface area (Å²) in [7, 11) is 0. The van der Waals surface area contributed by atoms with Crippen LogP contribution in [0, 0.1) is 17.2 Å². The zero-order valence-electron chi connectivity index (χ0n) is 15.1. The lowest BCUT2D eigenvalue weighted by Gasteiger charge is -2.55. The first-order valence-corrected chi connectivity index (χ1v) is 9.90. The van der Waals surface area contributed by atoms with Crippen LogP contribution in [0.25, 0.3) is 0 Å². The van der Waals surface area contributed by atoms with Gasteiger partial charge in [0.2, 0.25) is 5.91 Å². The Balaban J connectivity index is 1.53. The predicted molar refractivity (Wildman–Crippen MR) is 105 cm³/mol. The Labute approximate surface area is 164 Å². The summed E-state index contributed by atoms with van der Waals surface area (Å²) < 4.78 is 13.9. The van der Waals surface area contributed by atoms with E-state index < -0.39 is 17.9 Å². The van der Waals surface area contributed by atoms with Gasteiger partial charge in [-0.3, -0.25) is 4.79 Å². The van der Waals surface area contributed by atoms with Crippen molar-refractivity contribution >= 4 is 17.5 Å². The number of nitrogens with one attached hydrogen (secondary N) is 1. The average molecular weight is 387 g/mol. The molecule has 2 fully saturated rings. The highest BCUT2D eigenvalue weighted by Crippen LogP contribution is 2.59. The summed E-state index contributed by atoms with van der Waals surface area (Å²) >= 11 is 6.04. The van der Waals surface area contributed by atoms with Gasteiger partial charge in [-0.25, -0.2) is 4.39 Å². The standard InChI is InChI=1S/C22H24ClFN2O/c23-17-9-15(10-18(24)11-17)20(14-5-2-1-3-6-14)26-21(27)19(25)16-12-22(13-16)7-4-8-22/h1-3,5-6,9-11,16,19-20H,4,7-8,12-13,25H2,(H,26,27). The Morgan fingerprint density at radius 1 is 1.15 bits per heavy atom. The van der Waals surface area contributed by atoms with Crippen molar-refractivity contribution in [2.45, 2.75) is 44.2 Å². The largest absolute Gasteiger partial charge is 0.344 e. The maximum Gasteiger partial charge on any atom is 0.237 e. The van der Waals surface area contributed by atoms with Gasteiger partial charge in [-0.2, -0.15) is 0 Å².